The van der Waals surface area contributed by atoms with Gasteiger partial charge in [0.15, 0.2) is 6.10 Å². The minimum atomic E-state index is -0.799. The Balaban J connectivity index is 1.45. The van der Waals surface area contributed by atoms with Gasteiger partial charge in [-0.25, -0.2) is 0 Å². The molecule has 4 aliphatic carbocycles. The molecule has 0 aliphatic heterocycles. The van der Waals surface area contributed by atoms with E-state index in [1.165, 1.54) is 6.42 Å². The van der Waals surface area contributed by atoms with Crippen molar-refractivity contribution in [2.75, 3.05) is 11.9 Å². The summed E-state index contributed by atoms with van der Waals surface area (Å²) < 4.78 is 5.70. The highest BCUT2D eigenvalue weighted by Crippen LogP contribution is 2.64. The molecule has 0 aromatic heterocycles. The molecule has 0 N–H and O–H groups in total. The van der Waals surface area contributed by atoms with Crippen LogP contribution in [0.5, 0.6) is 0 Å². The van der Waals surface area contributed by atoms with Gasteiger partial charge < -0.3 is 9.64 Å². The summed E-state index contributed by atoms with van der Waals surface area (Å²) in [6, 6.07) is 9.39. The molecule has 26 heavy (non-hydrogen) atoms. The Bertz CT molecular complexity index is 705. The molecule has 4 bridgehead atoms. The summed E-state index contributed by atoms with van der Waals surface area (Å²) in [7, 11) is 1.71. The molecular formula is C21H26ClNO3. The first-order valence-corrected chi connectivity index (χ1v) is 9.91. The molecule has 0 spiro atoms. The molecule has 5 heteroatoms. The summed E-state index contributed by atoms with van der Waals surface area (Å²) in [6.45, 7) is 1.66. The van der Waals surface area contributed by atoms with Crippen molar-refractivity contribution in [2.24, 2.45) is 17.3 Å². The van der Waals surface area contributed by atoms with Crippen molar-refractivity contribution in [2.45, 2.75) is 56.4 Å². The number of nitrogens with zero attached hydrogens (tertiary/aromatic N) is 1. The summed E-state index contributed by atoms with van der Waals surface area (Å²) >= 11 is 6.81. The summed E-state index contributed by atoms with van der Waals surface area (Å²) in [5.74, 6) is 0.618. The van der Waals surface area contributed by atoms with Gasteiger partial charge >= 0.3 is 5.97 Å². The van der Waals surface area contributed by atoms with Gasteiger partial charge in [0.05, 0.1) is 5.41 Å². The van der Waals surface area contributed by atoms with Gasteiger partial charge in [0.1, 0.15) is 0 Å². The van der Waals surface area contributed by atoms with Gasteiger partial charge in [-0.2, -0.15) is 0 Å². The molecule has 4 nitrogen and oxygen atoms in total. The molecule has 4 aliphatic rings. The predicted octanol–water partition coefficient (Wildman–Crippen LogP) is 4.16. The van der Waals surface area contributed by atoms with Crippen molar-refractivity contribution < 1.29 is 14.3 Å². The molecular weight excluding hydrogens is 350 g/mol. The van der Waals surface area contributed by atoms with E-state index in [1.54, 1.807) is 18.9 Å². The Kier molecular flexibility index (Phi) is 4.30. The highest BCUT2D eigenvalue weighted by atomic mass is 35.5. The molecule has 140 valence electrons. The number of carbonyl (C=O) groups excluding carboxylic acids is 2. The first-order chi connectivity index (χ1) is 12.3. The topological polar surface area (TPSA) is 46.6 Å². The third-order valence-electron chi connectivity index (χ3n) is 6.53. The van der Waals surface area contributed by atoms with Crippen molar-refractivity contribution in [3.63, 3.8) is 0 Å². The van der Waals surface area contributed by atoms with Gasteiger partial charge in [0.25, 0.3) is 5.91 Å². The average Bonchev–Trinajstić information content (AvgIpc) is 2.59. The van der Waals surface area contributed by atoms with Gasteiger partial charge in [-0.3, -0.25) is 9.59 Å². The number of anilines is 1. The fourth-order valence-electron chi connectivity index (χ4n) is 5.78. The number of rotatable bonds is 4. The number of ether oxygens (including phenoxy) is 1. The second kappa shape index (κ2) is 6.26. The van der Waals surface area contributed by atoms with E-state index < -0.39 is 11.5 Å². The molecule has 1 aromatic rings. The van der Waals surface area contributed by atoms with E-state index in [2.05, 4.69) is 0 Å². The van der Waals surface area contributed by atoms with E-state index in [0.29, 0.717) is 18.3 Å². The third-order valence-corrected chi connectivity index (χ3v) is 6.97. The number of amides is 1. The Labute approximate surface area is 159 Å². The lowest BCUT2D eigenvalue weighted by atomic mass is 9.49. The molecule has 1 aromatic carbocycles. The van der Waals surface area contributed by atoms with Gasteiger partial charge in [0, 0.05) is 17.6 Å². The van der Waals surface area contributed by atoms with Crippen LogP contribution in [0.15, 0.2) is 30.3 Å². The first kappa shape index (κ1) is 17.8. The number of para-hydroxylation sites is 1. The molecule has 1 amide bonds. The Morgan fingerprint density at radius 2 is 1.77 bits per heavy atom. The number of hydrogen-bond acceptors (Lipinski definition) is 3. The fraction of sp³-hybridized carbons (Fsp3) is 0.619. The van der Waals surface area contributed by atoms with E-state index >= 15 is 0 Å². The number of carbonyl (C=O) groups is 2. The maximum atomic E-state index is 13.1. The van der Waals surface area contributed by atoms with Crippen LogP contribution in [-0.2, 0) is 14.3 Å². The van der Waals surface area contributed by atoms with Crippen LogP contribution in [0.2, 0.25) is 0 Å². The molecule has 0 heterocycles. The Morgan fingerprint density at radius 3 is 2.35 bits per heavy atom. The Hall–Kier alpha value is -1.55. The molecule has 4 saturated carbocycles. The van der Waals surface area contributed by atoms with Crippen molar-refractivity contribution >= 4 is 29.2 Å². The highest BCUT2D eigenvalue weighted by molar-refractivity contribution is 6.24. The first-order valence-electron chi connectivity index (χ1n) is 9.53. The normalized spacial score (nSPS) is 35.8. The van der Waals surface area contributed by atoms with Crippen LogP contribution >= 0.6 is 11.6 Å². The third kappa shape index (κ3) is 3.02. The highest BCUT2D eigenvalue weighted by Gasteiger charge is 2.61. The standard InChI is InChI=1S/C21H26ClNO3/c1-14(18(24)23(2)17-6-4-3-5-7-17)26-19(25)20-9-15-8-16(10-20)12-21(22,11-15)13-20/h3-7,14-16H,8-13H2,1-2H3/t14-,15-,16+,20?,21?/m1/s1. The van der Waals surface area contributed by atoms with Crippen LogP contribution in [0.25, 0.3) is 0 Å². The minimum Gasteiger partial charge on any atom is -0.452 e. The number of hydrogen-bond donors (Lipinski definition) is 0. The van der Waals surface area contributed by atoms with Gasteiger partial charge in [-0.05, 0) is 69.4 Å². The van der Waals surface area contributed by atoms with Crippen LogP contribution in [-0.4, -0.2) is 29.9 Å². The van der Waals surface area contributed by atoms with Crippen LogP contribution < -0.4 is 4.90 Å². The van der Waals surface area contributed by atoms with Crippen LogP contribution in [0, 0.1) is 17.3 Å². The smallest absolute Gasteiger partial charge is 0.312 e. The van der Waals surface area contributed by atoms with Crippen molar-refractivity contribution in [1.29, 1.82) is 0 Å². The van der Waals surface area contributed by atoms with E-state index in [1.807, 2.05) is 30.3 Å². The number of esters is 1. The second-order valence-electron chi connectivity index (χ2n) is 8.67. The molecule has 5 atom stereocenters. The zero-order valence-electron chi connectivity index (χ0n) is 15.4. The number of halogens is 1. The van der Waals surface area contributed by atoms with Crippen LogP contribution in [0.1, 0.15) is 45.4 Å². The van der Waals surface area contributed by atoms with E-state index in [0.717, 1.165) is 31.4 Å². The van der Waals surface area contributed by atoms with Gasteiger partial charge in [-0.1, -0.05) is 18.2 Å². The summed E-state index contributed by atoms with van der Waals surface area (Å²) in [5, 5.41) is 0. The summed E-state index contributed by atoms with van der Waals surface area (Å²) in [6.07, 6.45) is 4.86. The van der Waals surface area contributed by atoms with E-state index in [4.69, 9.17) is 16.3 Å². The second-order valence-corrected chi connectivity index (χ2v) is 9.47. The molecule has 0 radical (unpaired) electrons. The maximum Gasteiger partial charge on any atom is 0.312 e. The quantitative estimate of drug-likeness (QED) is 0.586. The molecule has 4 fully saturated rings. The van der Waals surface area contributed by atoms with Crippen LogP contribution in [0.3, 0.4) is 0 Å². The SMILES string of the molecule is C[C@@H](OC(=O)C12C[C@@H]3C[C@@H](CC(Cl)(C3)C1)C2)C(=O)N(C)c1ccccc1. The molecule has 0 saturated heterocycles. The lowest BCUT2D eigenvalue weighted by Crippen LogP contribution is -2.57. The minimum absolute atomic E-state index is 0.213. The summed E-state index contributed by atoms with van der Waals surface area (Å²) in [4.78, 5) is 27.1. The van der Waals surface area contributed by atoms with Gasteiger partial charge in [-0.15, -0.1) is 11.6 Å². The van der Waals surface area contributed by atoms with Crippen molar-refractivity contribution in [3.05, 3.63) is 30.3 Å². The number of benzene rings is 1. The zero-order valence-corrected chi connectivity index (χ0v) is 16.2. The summed E-state index contributed by atoms with van der Waals surface area (Å²) in [5.41, 5.74) is 0.306. The monoisotopic (exact) mass is 375 g/mol. The predicted molar refractivity (Wildman–Crippen MR) is 101 cm³/mol. The lowest BCUT2D eigenvalue weighted by Gasteiger charge is -2.58. The van der Waals surface area contributed by atoms with Crippen LogP contribution in [0.4, 0.5) is 5.69 Å². The fourth-order valence-corrected chi connectivity index (χ4v) is 6.47. The molecule has 5 rings (SSSR count). The largest absolute Gasteiger partial charge is 0.452 e. The van der Waals surface area contributed by atoms with E-state index in [9.17, 15) is 9.59 Å². The van der Waals surface area contributed by atoms with Gasteiger partial charge in [0.2, 0.25) is 0 Å². The number of alkyl halides is 1. The Morgan fingerprint density at radius 1 is 1.15 bits per heavy atom. The zero-order chi connectivity index (χ0) is 18.5. The maximum absolute atomic E-state index is 13.1. The average molecular weight is 376 g/mol. The lowest BCUT2D eigenvalue weighted by molar-refractivity contribution is -0.176. The van der Waals surface area contributed by atoms with Crippen molar-refractivity contribution in [1.82, 2.24) is 0 Å². The van der Waals surface area contributed by atoms with Crippen molar-refractivity contribution in [3.8, 4) is 0 Å². The van der Waals surface area contributed by atoms with E-state index in [-0.39, 0.29) is 16.8 Å². The number of likely N-dealkylation sites (N-methyl/N-ethyl adjacent to an activating group) is 1. The molecule has 2 unspecified atom stereocenters.